The zero-order chi connectivity index (χ0) is 19.4. The van der Waals surface area contributed by atoms with E-state index in [4.69, 9.17) is 14.0 Å². The zero-order valence-electron chi connectivity index (χ0n) is 16.7. The maximum atomic E-state index is 11.6. The smallest absolute Gasteiger partial charge is 0.466 e. The van der Waals surface area contributed by atoms with E-state index in [0.717, 1.165) is 16.6 Å². The second-order valence-corrected chi connectivity index (χ2v) is 7.56. The van der Waals surface area contributed by atoms with Crippen molar-refractivity contribution in [3.8, 4) is 0 Å². The Morgan fingerprint density at radius 3 is 2.23 bits per heavy atom. The third-order valence-electron chi connectivity index (χ3n) is 4.92. The Balaban J connectivity index is 2.15. The number of ether oxygens (including phenoxy) is 1. The van der Waals surface area contributed by atoms with Gasteiger partial charge in [-0.1, -0.05) is 30.3 Å². The normalized spacial score (nSPS) is 18.8. The van der Waals surface area contributed by atoms with Gasteiger partial charge in [-0.3, -0.25) is 4.79 Å². The molecule has 1 heterocycles. The van der Waals surface area contributed by atoms with E-state index >= 15 is 0 Å². The molecule has 0 amide bonds. The molecule has 142 valence electrons. The predicted octanol–water partition coefficient (Wildman–Crippen LogP) is 3.03. The Hall–Kier alpha value is -1.63. The van der Waals surface area contributed by atoms with Gasteiger partial charge < -0.3 is 19.4 Å². The highest BCUT2D eigenvalue weighted by Crippen LogP contribution is 2.38. The van der Waals surface area contributed by atoms with Crippen molar-refractivity contribution < 1.29 is 18.8 Å². The summed E-state index contributed by atoms with van der Waals surface area (Å²) in [6, 6.07) is 7.89. The van der Waals surface area contributed by atoms with Crippen LogP contribution in [0.25, 0.3) is 6.08 Å². The number of rotatable bonds is 7. The van der Waals surface area contributed by atoms with Crippen LogP contribution < -0.4 is 5.32 Å². The van der Waals surface area contributed by atoms with Crippen LogP contribution in [0.2, 0.25) is 0 Å². The SMILES string of the molecule is CCOC(=O)Cc1ccc(C=C(CNC)B2OC(C)(C)C(C)(C)O2)cc1. The van der Waals surface area contributed by atoms with Crippen LogP contribution in [0.1, 0.15) is 45.7 Å². The van der Waals surface area contributed by atoms with E-state index in [1.165, 1.54) is 0 Å². The summed E-state index contributed by atoms with van der Waals surface area (Å²) in [4.78, 5) is 11.6. The molecule has 0 saturated carbocycles. The van der Waals surface area contributed by atoms with Gasteiger partial charge in [-0.2, -0.15) is 0 Å². The summed E-state index contributed by atoms with van der Waals surface area (Å²) in [5, 5.41) is 3.18. The van der Waals surface area contributed by atoms with Crippen LogP contribution >= 0.6 is 0 Å². The lowest BCUT2D eigenvalue weighted by molar-refractivity contribution is -0.142. The first-order valence-electron chi connectivity index (χ1n) is 9.14. The quantitative estimate of drug-likeness (QED) is 0.599. The van der Waals surface area contributed by atoms with Gasteiger partial charge in [-0.15, -0.1) is 0 Å². The van der Waals surface area contributed by atoms with Gasteiger partial charge in [-0.25, -0.2) is 0 Å². The molecule has 2 rings (SSSR count). The number of carbonyl (C=O) groups is 1. The van der Waals surface area contributed by atoms with Crippen molar-refractivity contribution in [2.24, 2.45) is 0 Å². The fraction of sp³-hybridized carbons (Fsp3) is 0.550. The number of benzene rings is 1. The minimum absolute atomic E-state index is 0.205. The molecule has 1 aliphatic heterocycles. The zero-order valence-corrected chi connectivity index (χ0v) is 16.7. The van der Waals surface area contributed by atoms with Gasteiger partial charge in [0.1, 0.15) is 0 Å². The average Bonchev–Trinajstić information content (AvgIpc) is 2.77. The van der Waals surface area contributed by atoms with Gasteiger partial charge in [0.05, 0.1) is 24.2 Å². The van der Waals surface area contributed by atoms with Crippen molar-refractivity contribution >= 4 is 19.2 Å². The first-order valence-corrected chi connectivity index (χ1v) is 9.14. The summed E-state index contributed by atoms with van der Waals surface area (Å²) < 4.78 is 17.3. The van der Waals surface area contributed by atoms with Crippen molar-refractivity contribution in [1.29, 1.82) is 0 Å². The van der Waals surface area contributed by atoms with Crippen LogP contribution in [0.15, 0.2) is 29.7 Å². The van der Waals surface area contributed by atoms with Crippen LogP contribution in [0, 0.1) is 0 Å². The Morgan fingerprint density at radius 2 is 1.73 bits per heavy atom. The van der Waals surface area contributed by atoms with Crippen LogP contribution in [0.3, 0.4) is 0 Å². The van der Waals surface area contributed by atoms with E-state index in [1.807, 2.05) is 65.9 Å². The monoisotopic (exact) mass is 359 g/mol. The topological polar surface area (TPSA) is 56.8 Å². The third-order valence-corrected chi connectivity index (χ3v) is 4.92. The minimum atomic E-state index is -0.383. The number of likely N-dealkylation sites (N-methyl/N-ethyl adjacent to an activating group) is 1. The Labute approximate surface area is 157 Å². The highest BCUT2D eigenvalue weighted by atomic mass is 16.7. The van der Waals surface area contributed by atoms with Gasteiger partial charge in [0.2, 0.25) is 0 Å². The molecule has 1 saturated heterocycles. The molecule has 0 spiro atoms. The van der Waals surface area contributed by atoms with Gasteiger partial charge in [0.15, 0.2) is 0 Å². The molecule has 1 aromatic carbocycles. The van der Waals surface area contributed by atoms with E-state index < -0.39 is 0 Å². The highest BCUT2D eigenvalue weighted by Gasteiger charge is 2.52. The summed E-state index contributed by atoms with van der Waals surface area (Å²) in [6.45, 7) is 11.1. The largest absolute Gasteiger partial charge is 0.491 e. The first kappa shape index (κ1) is 20.7. The molecule has 26 heavy (non-hydrogen) atoms. The van der Waals surface area contributed by atoms with Gasteiger partial charge in [0.25, 0.3) is 0 Å². The molecule has 0 unspecified atom stereocenters. The maximum Gasteiger partial charge on any atom is 0.491 e. The summed E-state index contributed by atoms with van der Waals surface area (Å²) in [6.07, 6.45) is 2.37. The number of hydrogen-bond donors (Lipinski definition) is 1. The standard InChI is InChI=1S/C20H30BNO4/c1-7-24-18(23)13-16-10-8-15(9-11-16)12-17(14-22-6)21-25-19(2,3)20(4,5)26-21/h8-12,22H,7,13-14H2,1-6H3. The van der Waals surface area contributed by atoms with E-state index in [-0.39, 0.29) is 24.3 Å². The molecular formula is C20H30BNO4. The number of esters is 1. The van der Waals surface area contributed by atoms with Gasteiger partial charge in [-0.05, 0) is 58.3 Å². The van der Waals surface area contributed by atoms with Crippen molar-refractivity contribution in [2.45, 2.75) is 52.2 Å². The Bertz CT molecular complexity index is 636. The summed E-state index contributed by atoms with van der Waals surface area (Å²) in [5.74, 6) is -0.205. The molecule has 0 bridgehead atoms. The van der Waals surface area contributed by atoms with Gasteiger partial charge >= 0.3 is 13.1 Å². The number of carbonyl (C=O) groups excluding carboxylic acids is 1. The second kappa shape index (κ2) is 8.38. The van der Waals surface area contributed by atoms with E-state index in [9.17, 15) is 4.79 Å². The first-order chi connectivity index (χ1) is 12.2. The molecule has 1 N–H and O–H groups in total. The molecule has 0 radical (unpaired) electrons. The summed E-state index contributed by atoms with van der Waals surface area (Å²) >= 11 is 0. The minimum Gasteiger partial charge on any atom is -0.466 e. The molecule has 1 aliphatic rings. The summed E-state index contributed by atoms with van der Waals surface area (Å²) in [7, 11) is 1.52. The Kier molecular flexibility index (Phi) is 6.66. The van der Waals surface area contributed by atoms with Crippen molar-refractivity contribution in [3.63, 3.8) is 0 Å². The van der Waals surface area contributed by atoms with E-state index in [0.29, 0.717) is 19.6 Å². The van der Waals surface area contributed by atoms with Crippen LogP contribution in [-0.4, -0.2) is 44.5 Å². The lowest BCUT2D eigenvalue weighted by Gasteiger charge is -2.32. The molecule has 0 aliphatic carbocycles. The average molecular weight is 359 g/mol. The number of nitrogens with one attached hydrogen (secondary N) is 1. The van der Waals surface area contributed by atoms with Gasteiger partial charge in [0, 0.05) is 6.54 Å². The van der Waals surface area contributed by atoms with E-state index in [1.54, 1.807) is 0 Å². The van der Waals surface area contributed by atoms with Crippen LogP contribution in [-0.2, 0) is 25.3 Å². The van der Waals surface area contributed by atoms with Crippen LogP contribution in [0.5, 0.6) is 0 Å². The molecule has 0 atom stereocenters. The lowest BCUT2D eigenvalue weighted by Crippen LogP contribution is -2.41. The van der Waals surface area contributed by atoms with Crippen molar-refractivity contribution in [3.05, 3.63) is 40.9 Å². The molecule has 1 fully saturated rings. The molecule has 5 nitrogen and oxygen atoms in total. The van der Waals surface area contributed by atoms with Crippen molar-refractivity contribution in [1.82, 2.24) is 5.32 Å². The Morgan fingerprint density at radius 1 is 1.15 bits per heavy atom. The lowest BCUT2D eigenvalue weighted by atomic mass is 9.77. The summed E-state index contributed by atoms with van der Waals surface area (Å²) in [5.41, 5.74) is 2.27. The molecule has 6 heteroatoms. The fourth-order valence-corrected chi connectivity index (χ4v) is 2.73. The molecule has 0 aromatic heterocycles. The third kappa shape index (κ3) is 4.97. The molecular weight excluding hydrogens is 329 g/mol. The number of hydrogen-bond acceptors (Lipinski definition) is 5. The maximum absolute atomic E-state index is 11.6. The van der Waals surface area contributed by atoms with E-state index in [2.05, 4.69) is 11.4 Å². The fourth-order valence-electron chi connectivity index (χ4n) is 2.73. The van der Waals surface area contributed by atoms with Crippen molar-refractivity contribution in [2.75, 3.05) is 20.2 Å². The van der Waals surface area contributed by atoms with Crippen LogP contribution in [0.4, 0.5) is 0 Å². The predicted molar refractivity (Wildman–Crippen MR) is 105 cm³/mol. The second-order valence-electron chi connectivity index (χ2n) is 7.56. The highest BCUT2D eigenvalue weighted by molar-refractivity contribution is 6.55. The molecule has 1 aromatic rings.